The molecule has 2 heterocycles. The smallest absolute Gasteiger partial charge is 0.330 e. The van der Waals surface area contributed by atoms with Crippen LogP contribution in [0.3, 0.4) is 0 Å². The fraction of sp³-hybridized carbons (Fsp3) is 0.421. The van der Waals surface area contributed by atoms with Crippen molar-refractivity contribution in [3.63, 3.8) is 0 Å². The molecule has 0 aliphatic carbocycles. The lowest BCUT2D eigenvalue weighted by Gasteiger charge is -2.36. The summed E-state index contributed by atoms with van der Waals surface area (Å²) in [7, 11) is 2.45. The first kappa shape index (κ1) is 22.4. The molecule has 1 atom stereocenters. The maximum absolute atomic E-state index is 15.0. The Balaban J connectivity index is 2.02. The van der Waals surface area contributed by atoms with E-state index in [1.54, 1.807) is 6.92 Å². The summed E-state index contributed by atoms with van der Waals surface area (Å²) in [6.45, 7) is 1.24. The number of carbonyl (C=O) groups is 1. The van der Waals surface area contributed by atoms with Crippen molar-refractivity contribution in [2.45, 2.75) is 19.6 Å². The Labute approximate surface area is 177 Å². The molecule has 0 saturated carbocycles. The highest BCUT2D eigenvalue weighted by Gasteiger charge is 2.37. The molecule has 1 aromatic heterocycles. The van der Waals surface area contributed by atoms with Crippen LogP contribution in [0.2, 0.25) is 0 Å². The fourth-order valence-corrected chi connectivity index (χ4v) is 3.15. The average molecular weight is 439 g/mol. The Hall–Kier alpha value is -3.25. The van der Waals surface area contributed by atoms with E-state index >= 15 is 0 Å². The van der Waals surface area contributed by atoms with Gasteiger partial charge in [-0.3, -0.25) is 9.80 Å². The van der Waals surface area contributed by atoms with Gasteiger partial charge < -0.3 is 25.0 Å². The average Bonchev–Trinajstić information content (AvgIpc) is 2.78. The van der Waals surface area contributed by atoms with E-state index in [9.17, 15) is 18.7 Å². The molecule has 1 unspecified atom stereocenters. The third-order valence-electron chi connectivity index (χ3n) is 4.73. The standard InChI is InChI=1S/C19H23F2N5O5/c1-4-25-17-10(6-22-18(24-17)23-7-11(28)9-27)8-26(19(25)29)16-14(20)12(30-2)5-13(31-3)15(16)21/h5-6,11,27-28H,4,7-9H2,1-3H3,(H,22,23,24). The van der Waals surface area contributed by atoms with Crippen molar-refractivity contribution in [3.8, 4) is 11.5 Å². The second-order valence-corrected chi connectivity index (χ2v) is 6.63. The molecule has 0 fully saturated rings. The summed E-state index contributed by atoms with van der Waals surface area (Å²) in [5.41, 5.74) is -0.145. The number of amides is 2. The Kier molecular flexibility index (Phi) is 6.71. The summed E-state index contributed by atoms with van der Waals surface area (Å²) >= 11 is 0. The first-order valence-electron chi connectivity index (χ1n) is 9.43. The summed E-state index contributed by atoms with van der Waals surface area (Å²) in [5.74, 6) is -2.21. The van der Waals surface area contributed by atoms with Gasteiger partial charge in [0.2, 0.25) is 5.95 Å². The Morgan fingerprint density at radius 1 is 1.26 bits per heavy atom. The number of aliphatic hydroxyl groups excluding tert-OH is 2. The van der Waals surface area contributed by atoms with E-state index < -0.39 is 36.1 Å². The van der Waals surface area contributed by atoms with Crippen LogP contribution >= 0.6 is 0 Å². The zero-order valence-electron chi connectivity index (χ0n) is 17.2. The molecule has 1 aliphatic rings. The van der Waals surface area contributed by atoms with Crippen LogP contribution in [-0.4, -0.2) is 66.2 Å². The molecule has 3 rings (SSSR count). The summed E-state index contributed by atoms with van der Waals surface area (Å²) in [4.78, 5) is 23.7. The van der Waals surface area contributed by atoms with Crippen LogP contribution in [0.4, 0.5) is 31.0 Å². The first-order valence-corrected chi connectivity index (χ1v) is 9.43. The molecular formula is C19H23F2N5O5. The molecule has 0 spiro atoms. The number of nitrogens with one attached hydrogen (secondary N) is 1. The van der Waals surface area contributed by atoms with Gasteiger partial charge in [0.25, 0.3) is 0 Å². The number of ether oxygens (including phenoxy) is 2. The van der Waals surface area contributed by atoms with Gasteiger partial charge in [-0.05, 0) is 6.92 Å². The van der Waals surface area contributed by atoms with E-state index in [0.717, 1.165) is 11.0 Å². The lowest BCUT2D eigenvalue weighted by molar-refractivity contribution is 0.105. The highest BCUT2D eigenvalue weighted by Crippen LogP contribution is 2.40. The van der Waals surface area contributed by atoms with Gasteiger partial charge >= 0.3 is 6.03 Å². The van der Waals surface area contributed by atoms with Crippen LogP contribution < -0.4 is 24.6 Å². The predicted octanol–water partition coefficient (Wildman–Crippen LogP) is 1.50. The van der Waals surface area contributed by atoms with Crippen LogP contribution in [0.25, 0.3) is 0 Å². The summed E-state index contributed by atoms with van der Waals surface area (Å²) in [6.07, 6.45) is 0.415. The zero-order chi connectivity index (χ0) is 22.7. The highest BCUT2D eigenvalue weighted by atomic mass is 19.1. The summed E-state index contributed by atoms with van der Waals surface area (Å²) in [5, 5.41) is 21.1. The monoisotopic (exact) mass is 439 g/mol. The molecule has 168 valence electrons. The van der Waals surface area contributed by atoms with E-state index in [2.05, 4.69) is 15.3 Å². The van der Waals surface area contributed by atoms with E-state index in [1.807, 2.05) is 0 Å². The zero-order valence-corrected chi connectivity index (χ0v) is 17.2. The number of fused-ring (bicyclic) bond motifs is 1. The Bertz CT molecular complexity index is 949. The number of halogens is 2. The number of urea groups is 1. The lowest BCUT2D eigenvalue weighted by Crippen LogP contribution is -2.48. The van der Waals surface area contributed by atoms with Gasteiger partial charge in [-0.2, -0.15) is 4.98 Å². The summed E-state index contributed by atoms with van der Waals surface area (Å²) in [6, 6.07) is 0.374. The molecule has 0 radical (unpaired) electrons. The maximum Gasteiger partial charge on any atom is 0.330 e. The lowest BCUT2D eigenvalue weighted by atomic mass is 10.1. The van der Waals surface area contributed by atoms with Crippen LogP contribution in [0.1, 0.15) is 12.5 Å². The third kappa shape index (κ3) is 4.16. The largest absolute Gasteiger partial charge is 0.493 e. The number of hydrogen-bond donors (Lipinski definition) is 3. The first-order chi connectivity index (χ1) is 14.9. The van der Waals surface area contributed by atoms with Crippen molar-refractivity contribution < 1.29 is 33.3 Å². The van der Waals surface area contributed by atoms with Crippen molar-refractivity contribution in [2.75, 3.05) is 49.0 Å². The molecule has 12 heteroatoms. The quantitative estimate of drug-likeness (QED) is 0.566. The molecule has 0 bridgehead atoms. The minimum Gasteiger partial charge on any atom is -0.493 e. The van der Waals surface area contributed by atoms with Crippen LogP contribution in [-0.2, 0) is 6.54 Å². The Morgan fingerprint density at radius 2 is 1.90 bits per heavy atom. The highest BCUT2D eigenvalue weighted by molar-refractivity contribution is 6.05. The number of benzene rings is 1. The minimum absolute atomic E-state index is 0.00150. The van der Waals surface area contributed by atoms with Crippen molar-refractivity contribution in [1.29, 1.82) is 0 Å². The normalized spacial score (nSPS) is 14.4. The van der Waals surface area contributed by atoms with Gasteiger partial charge in [-0.15, -0.1) is 0 Å². The number of hydrogen-bond acceptors (Lipinski definition) is 8. The number of nitrogens with zero attached hydrogens (tertiary/aromatic N) is 4. The van der Waals surface area contributed by atoms with Crippen molar-refractivity contribution in [1.82, 2.24) is 9.97 Å². The molecular weight excluding hydrogens is 416 g/mol. The van der Waals surface area contributed by atoms with E-state index in [0.29, 0.717) is 5.56 Å². The number of aliphatic hydroxyl groups is 2. The summed E-state index contributed by atoms with van der Waals surface area (Å²) < 4.78 is 39.9. The number of carbonyl (C=O) groups excluding carboxylic acids is 1. The molecule has 2 aromatic rings. The molecule has 2 amide bonds. The molecule has 3 N–H and O–H groups in total. The third-order valence-corrected chi connectivity index (χ3v) is 4.73. The molecule has 10 nitrogen and oxygen atoms in total. The SMILES string of the molecule is CCN1C(=O)N(c2c(F)c(OC)cc(OC)c2F)Cc2cnc(NCC(O)CO)nc21. The van der Waals surface area contributed by atoms with Crippen LogP contribution in [0.15, 0.2) is 12.3 Å². The van der Waals surface area contributed by atoms with Gasteiger partial charge in [0.05, 0.1) is 33.5 Å². The van der Waals surface area contributed by atoms with Crippen LogP contribution in [0.5, 0.6) is 11.5 Å². The molecule has 0 saturated heterocycles. The van der Waals surface area contributed by atoms with Gasteiger partial charge in [-0.1, -0.05) is 0 Å². The van der Waals surface area contributed by atoms with Gasteiger partial charge in [0.15, 0.2) is 23.1 Å². The van der Waals surface area contributed by atoms with Gasteiger partial charge in [0.1, 0.15) is 11.5 Å². The number of anilines is 3. The van der Waals surface area contributed by atoms with E-state index in [-0.39, 0.29) is 42.9 Å². The molecule has 1 aromatic carbocycles. The predicted molar refractivity (Wildman–Crippen MR) is 108 cm³/mol. The van der Waals surface area contributed by atoms with E-state index in [4.69, 9.17) is 14.6 Å². The van der Waals surface area contributed by atoms with Crippen LogP contribution in [0, 0.1) is 11.6 Å². The van der Waals surface area contributed by atoms with Gasteiger partial charge in [-0.25, -0.2) is 18.6 Å². The second-order valence-electron chi connectivity index (χ2n) is 6.63. The topological polar surface area (TPSA) is 120 Å². The van der Waals surface area contributed by atoms with Crippen molar-refractivity contribution >= 4 is 23.5 Å². The van der Waals surface area contributed by atoms with E-state index in [1.165, 1.54) is 25.3 Å². The minimum atomic E-state index is -1.04. The number of methoxy groups -OCH3 is 2. The van der Waals surface area contributed by atoms with Gasteiger partial charge in [0, 0.05) is 30.9 Å². The van der Waals surface area contributed by atoms with Crippen molar-refractivity contribution in [2.24, 2.45) is 0 Å². The molecule has 31 heavy (non-hydrogen) atoms. The molecule has 1 aliphatic heterocycles. The second kappa shape index (κ2) is 9.27. The number of rotatable bonds is 8. The van der Waals surface area contributed by atoms with Crippen molar-refractivity contribution in [3.05, 3.63) is 29.5 Å². The number of aromatic nitrogens is 2. The Morgan fingerprint density at radius 3 is 2.45 bits per heavy atom. The maximum atomic E-state index is 15.0. The fourth-order valence-electron chi connectivity index (χ4n) is 3.15.